The van der Waals surface area contributed by atoms with Crippen LogP contribution in [0.4, 0.5) is 0 Å². The quantitative estimate of drug-likeness (QED) is 0.585. The van der Waals surface area contributed by atoms with Crippen LogP contribution in [0, 0.1) is 5.41 Å². The number of nitrogens with zero attached hydrogens (tertiary/aromatic N) is 1. The molecule has 1 aromatic rings. The van der Waals surface area contributed by atoms with Gasteiger partial charge in [-0.1, -0.05) is 69.9 Å². The number of rotatable bonds is 5. The lowest BCUT2D eigenvalue weighted by Crippen LogP contribution is -2.42. The summed E-state index contributed by atoms with van der Waals surface area (Å²) in [7, 11) is 2.19. The van der Waals surface area contributed by atoms with Crippen LogP contribution in [0.1, 0.15) is 62.7 Å². The smallest absolute Gasteiger partial charge is 0.169 e. The van der Waals surface area contributed by atoms with Crippen molar-refractivity contribution in [3.05, 3.63) is 35.9 Å². The third-order valence-corrected chi connectivity index (χ3v) is 4.74. The number of hydrogen-bond donors (Lipinski definition) is 0. The zero-order valence-corrected chi connectivity index (χ0v) is 13.8. The lowest BCUT2D eigenvalue weighted by atomic mass is 9.83. The number of carbonyl (C=O) groups excluding carboxylic acids is 1. The van der Waals surface area contributed by atoms with Gasteiger partial charge in [0.2, 0.25) is 0 Å². The molecule has 1 fully saturated rings. The van der Waals surface area contributed by atoms with Crippen molar-refractivity contribution in [3.8, 4) is 0 Å². The molecule has 1 aliphatic carbocycles. The van der Waals surface area contributed by atoms with Crippen LogP contribution in [-0.4, -0.2) is 30.3 Å². The van der Waals surface area contributed by atoms with Crippen molar-refractivity contribution in [1.29, 1.82) is 0 Å². The van der Waals surface area contributed by atoms with Crippen molar-refractivity contribution in [1.82, 2.24) is 4.90 Å². The summed E-state index contributed by atoms with van der Waals surface area (Å²) in [6, 6.07) is 10.3. The van der Waals surface area contributed by atoms with Crippen molar-refractivity contribution in [2.75, 3.05) is 13.6 Å². The monoisotopic (exact) mass is 287 g/mol. The minimum Gasteiger partial charge on any atom is -0.302 e. The van der Waals surface area contributed by atoms with Gasteiger partial charge in [0.1, 0.15) is 0 Å². The lowest BCUT2D eigenvalue weighted by molar-refractivity contribution is 0.0740. The zero-order chi connectivity index (χ0) is 15.3. The Hall–Kier alpha value is -1.15. The molecule has 1 aliphatic rings. The van der Waals surface area contributed by atoms with Gasteiger partial charge in [-0.25, -0.2) is 0 Å². The molecule has 0 amide bonds. The average Bonchev–Trinajstić information content (AvgIpc) is 2.76. The normalized spacial score (nSPS) is 17.7. The molecule has 0 saturated heterocycles. The molecule has 0 aromatic heterocycles. The molecule has 116 valence electrons. The van der Waals surface area contributed by atoms with Crippen LogP contribution in [0.5, 0.6) is 0 Å². The number of ketones is 1. The van der Waals surface area contributed by atoms with Crippen LogP contribution in [0.15, 0.2) is 30.3 Å². The van der Waals surface area contributed by atoms with Gasteiger partial charge in [-0.15, -0.1) is 0 Å². The first-order valence-corrected chi connectivity index (χ1v) is 8.31. The molecule has 0 heterocycles. The van der Waals surface area contributed by atoms with Crippen molar-refractivity contribution < 1.29 is 4.79 Å². The van der Waals surface area contributed by atoms with Crippen molar-refractivity contribution in [2.45, 2.75) is 58.4 Å². The highest BCUT2D eigenvalue weighted by atomic mass is 16.1. The Morgan fingerprint density at radius 3 is 2.24 bits per heavy atom. The molecule has 0 spiro atoms. The van der Waals surface area contributed by atoms with E-state index in [2.05, 4.69) is 25.8 Å². The minimum atomic E-state index is -0.331. The van der Waals surface area contributed by atoms with Gasteiger partial charge < -0.3 is 4.90 Å². The molecule has 2 nitrogen and oxygen atoms in total. The van der Waals surface area contributed by atoms with Gasteiger partial charge in [0.25, 0.3) is 0 Å². The fourth-order valence-corrected chi connectivity index (χ4v) is 3.50. The summed E-state index contributed by atoms with van der Waals surface area (Å²) in [6.45, 7) is 5.00. The van der Waals surface area contributed by atoms with E-state index in [-0.39, 0.29) is 11.2 Å². The van der Waals surface area contributed by atoms with E-state index in [9.17, 15) is 4.79 Å². The van der Waals surface area contributed by atoms with Gasteiger partial charge in [-0.05, 0) is 19.9 Å². The fraction of sp³-hybridized carbons (Fsp3) is 0.632. The minimum absolute atomic E-state index is 0.253. The molecule has 0 atom stereocenters. The predicted molar refractivity (Wildman–Crippen MR) is 88.7 cm³/mol. The maximum Gasteiger partial charge on any atom is 0.169 e. The molecular weight excluding hydrogens is 258 g/mol. The van der Waals surface area contributed by atoms with E-state index in [1.807, 2.05) is 30.3 Å². The van der Waals surface area contributed by atoms with Gasteiger partial charge in [-0.2, -0.15) is 0 Å². The molecule has 0 unspecified atom stereocenters. The summed E-state index contributed by atoms with van der Waals surface area (Å²) in [4.78, 5) is 15.1. The molecule has 0 radical (unpaired) electrons. The molecule has 0 aliphatic heterocycles. The van der Waals surface area contributed by atoms with Gasteiger partial charge in [0.15, 0.2) is 5.78 Å². The Morgan fingerprint density at radius 2 is 1.67 bits per heavy atom. The second kappa shape index (κ2) is 7.22. The van der Waals surface area contributed by atoms with Crippen molar-refractivity contribution in [2.24, 2.45) is 5.41 Å². The largest absolute Gasteiger partial charge is 0.302 e. The molecule has 1 aromatic carbocycles. The summed E-state index contributed by atoms with van der Waals surface area (Å²) >= 11 is 0. The van der Waals surface area contributed by atoms with Gasteiger partial charge in [0.05, 0.1) is 0 Å². The Balaban J connectivity index is 2.00. The third kappa shape index (κ3) is 4.41. The van der Waals surface area contributed by atoms with Gasteiger partial charge >= 0.3 is 0 Å². The molecular formula is C19H29NO. The van der Waals surface area contributed by atoms with Gasteiger partial charge in [-0.3, -0.25) is 4.79 Å². The van der Waals surface area contributed by atoms with E-state index >= 15 is 0 Å². The van der Waals surface area contributed by atoms with Crippen molar-refractivity contribution in [3.63, 3.8) is 0 Å². The Bertz CT molecular complexity index is 444. The summed E-state index contributed by atoms with van der Waals surface area (Å²) in [6.07, 6.45) is 7.98. The summed E-state index contributed by atoms with van der Waals surface area (Å²) in [5, 5.41) is 0. The molecule has 0 N–H and O–H groups in total. The number of benzene rings is 1. The highest BCUT2D eigenvalue weighted by Crippen LogP contribution is 2.27. The number of Topliss-reactive ketones (excluding diaryl/α,β-unsaturated/α-hetero) is 1. The van der Waals surface area contributed by atoms with E-state index in [4.69, 9.17) is 0 Å². The predicted octanol–water partition coefficient (Wildman–Crippen LogP) is 4.55. The van der Waals surface area contributed by atoms with E-state index in [1.165, 1.54) is 38.5 Å². The number of carbonyl (C=O) groups is 1. The highest BCUT2D eigenvalue weighted by Gasteiger charge is 2.31. The van der Waals surface area contributed by atoms with Crippen LogP contribution >= 0.6 is 0 Å². The van der Waals surface area contributed by atoms with Crippen LogP contribution < -0.4 is 0 Å². The highest BCUT2D eigenvalue weighted by molar-refractivity contribution is 6.00. The third-order valence-electron chi connectivity index (χ3n) is 4.74. The summed E-state index contributed by atoms with van der Waals surface area (Å²) in [5.41, 5.74) is 0.499. The first kappa shape index (κ1) is 16.2. The standard InChI is InChI=1S/C19H29NO/c1-19(2,18(21)16-11-7-6-8-12-16)15-20(3)17-13-9-4-5-10-14-17/h6-8,11-12,17H,4-5,9-10,13-15H2,1-3H3. The van der Waals surface area contributed by atoms with Crippen LogP contribution in [0.3, 0.4) is 0 Å². The Kier molecular flexibility index (Phi) is 5.58. The SMILES string of the molecule is CN(CC(C)(C)C(=O)c1ccccc1)C1CCCCCC1. The van der Waals surface area contributed by atoms with E-state index in [1.54, 1.807) is 0 Å². The lowest BCUT2D eigenvalue weighted by Gasteiger charge is -2.34. The first-order chi connectivity index (χ1) is 10.0. The topological polar surface area (TPSA) is 20.3 Å². The molecule has 1 saturated carbocycles. The van der Waals surface area contributed by atoms with Crippen LogP contribution in [0.25, 0.3) is 0 Å². The van der Waals surface area contributed by atoms with Crippen LogP contribution in [0.2, 0.25) is 0 Å². The van der Waals surface area contributed by atoms with E-state index in [0.29, 0.717) is 6.04 Å². The number of hydrogen-bond acceptors (Lipinski definition) is 2. The molecule has 21 heavy (non-hydrogen) atoms. The summed E-state index contributed by atoms with van der Waals surface area (Å²) < 4.78 is 0. The zero-order valence-electron chi connectivity index (χ0n) is 13.8. The first-order valence-electron chi connectivity index (χ1n) is 8.31. The van der Waals surface area contributed by atoms with Crippen LogP contribution in [-0.2, 0) is 0 Å². The fourth-order valence-electron chi connectivity index (χ4n) is 3.50. The van der Waals surface area contributed by atoms with Gasteiger partial charge in [0, 0.05) is 23.6 Å². The second-order valence-electron chi connectivity index (χ2n) is 7.14. The summed E-state index contributed by atoms with van der Waals surface area (Å²) in [5.74, 6) is 0.253. The maximum absolute atomic E-state index is 12.7. The van der Waals surface area contributed by atoms with E-state index < -0.39 is 0 Å². The molecule has 0 bridgehead atoms. The second-order valence-corrected chi connectivity index (χ2v) is 7.14. The average molecular weight is 287 g/mol. The Morgan fingerprint density at radius 1 is 1.10 bits per heavy atom. The maximum atomic E-state index is 12.7. The van der Waals surface area contributed by atoms with Crippen molar-refractivity contribution >= 4 is 5.78 Å². The Labute approximate surface area is 129 Å². The van der Waals surface area contributed by atoms with E-state index in [0.717, 1.165) is 12.1 Å². The molecule has 2 rings (SSSR count). The molecule has 2 heteroatoms.